The number of carboxylic acid groups (broad SMARTS) is 2. The van der Waals surface area contributed by atoms with Crippen LogP contribution in [0.1, 0.15) is 38.5 Å². The van der Waals surface area contributed by atoms with Gasteiger partial charge in [-0.15, -0.1) is 0 Å². The third-order valence-corrected chi connectivity index (χ3v) is 4.66. The van der Waals surface area contributed by atoms with Crippen LogP contribution in [-0.2, 0) is 28.8 Å². The van der Waals surface area contributed by atoms with Gasteiger partial charge in [0.1, 0.15) is 0 Å². The molecule has 0 aromatic rings. The van der Waals surface area contributed by atoms with Crippen molar-refractivity contribution >= 4 is 35.6 Å². The average molecular weight is 398 g/mol. The fourth-order valence-corrected chi connectivity index (χ4v) is 3.32. The number of amides is 4. The number of hydrogen-bond donors (Lipinski definition) is 2. The van der Waals surface area contributed by atoms with Crippen LogP contribution < -0.4 is 10.2 Å². The van der Waals surface area contributed by atoms with E-state index in [0.29, 0.717) is 9.80 Å². The number of unbranched alkanes of at least 4 members (excludes halogenated alkanes) is 1. The number of carboxylic acids is 2. The van der Waals surface area contributed by atoms with Crippen molar-refractivity contribution in [2.45, 2.75) is 49.7 Å². The Balaban J connectivity index is 1.88. The number of rotatable bonds is 9. The summed E-state index contributed by atoms with van der Waals surface area (Å²) in [5, 5.41) is 41.2. The van der Waals surface area contributed by atoms with E-state index >= 15 is 0 Å². The number of imide groups is 2. The van der Waals surface area contributed by atoms with Crippen molar-refractivity contribution in [1.82, 2.24) is 9.80 Å². The fourth-order valence-electron chi connectivity index (χ4n) is 3.32. The molecule has 4 amide bonds. The van der Waals surface area contributed by atoms with E-state index in [1.165, 1.54) is 0 Å². The SMILES string of the molecule is O=C([O-])C[C@]1(O)CC(=O)N(CCCCN2C(=O)C[C@@](O)(CC(=O)[O-])C2=O)C1=O. The summed E-state index contributed by atoms with van der Waals surface area (Å²) in [6.07, 6.45) is -3.15. The van der Waals surface area contributed by atoms with E-state index in [4.69, 9.17) is 0 Å². The molecule has 154 valence electrons. The summed E-state index contributed by atoms with van der Waals surface area (Å²) in [4.78, 5) is 70.5. The van der Waals surface area contributed by atoms with Gasteiger partial charge in [0.05, 0.1) is 12.8 Å². The molecule has 0 bridgehead atoms. The highest BCUT2D eigenvalue weighted by atomic mass is 16.4. The molecule has 2 heterocycles. The second-order valence-electron chi connectivity index (χ2n) is 6.92. The van der Waals surface area contributed by atoms with Gasteiger partial charge in [-0.2, -0.15) is 0 Å². The number of aliphatic carboxylic acids is 2. The highest BCUT2D eigenvalue weighted by molar-refractivity contribution is 6.09. The molecule has 28 heavy (non-hydrogen) atoms. The van der Waals surface area contributed by atoms with Gasteiger partial charge in [-0.05, 0) is 12.8 Å². The summed E-state index contributed by atoms with van der Waals surface area (Å²) in [5.74, 6) is -6.99. The molecule has 0 aromatic heterocycles. The number of carbonyl (C=O) groups excluding carboxylic acids is 6. The first-order valence-corrected chi connectivity index (χ1v) is 8.44. The Morgan fingerprint density at radius 3 is 1.39 bits per heavy atom. The Labute approximate surface area is 158 Å². The molecule has 0 aliphatic carbocycles. The zero-order valence-corrected chi connectivity index (χ0v) is 14.7. The molecule has 0 spiro atoms. The van der Waals surface area contributed by atoms with Gasteiger partial charge in [0.15, 0.2) is 11.2 Å². The third kappa shape index (κ3) is 4.17. The summed E-state index contributed by atoms with van der Waals surface area (Å²) in [5.41, 5.74) is -4.70. The van der Waals surface area contributed by atoms with Crippen molar-refractivity contribution in [3.63, 3.8) is 0 Å². The van der Waals surface area contributed by atoms with Gasteiger partial charge in [0.25, 0.3) is 11.8 Å². The molecule has 12 heteroatoms. The number of aliphatic hydroxyl groups is 2. The monoisotopic (exact) mass is 398 g/mol. The van der Waals surface area contributed by atoms with E-state index in [9.17, 15) is 49.2 Å². The standard InChI is InChI=1S/C16H20N2O10/c19-9-5-15(27,7-11(21)22)13(25)17(9)3-1-2-4-18-10(20)6-16(28,14(18)26)8-12(23)24/h27-28H,1-8H2,(H,21,22)(H,23,24)/p-2/t15-,16-/m1/s1. The molecule has 0 unspecified atom stereocenters. The van der Waals surface area contributed by atoms with E-state index < -0.39 is 72.5 Å². The lowest BCUT2D eigenvalue weighted by atomic mass is 9.98. The molecule has 2 aliphatic rings. The number of carbonyl (C=O) groups is 6. The minimum atomic E-state index is -2.35. The number of nitrogens with zero attached hydrogens (tertiary/aromatic N) is 2. The molecular formula is C16H18N2O10-2. The zero-order valence-electron chi connectivity index (χ0n) is 14.7. The second kappa shape index (κ2) is 7.64. The summed E-state index contributed by atoms with van der Waals surface area (Å²) >= 11 is 0. The topological polar surface area (TPSA) is 195 Å². The van der Waals surface area contributed by atoms with E-state index in [2.05, 4.69) is 0 Å². The van der Waals surface area contributed by atoms with Crippen LogP contribution >= 0.6 is 0 Å². The first-order valence-electron chi connectivity index (χ1n) is 8.44. The molecule has 0 saturated carbocycles. The van der Waals surface area contributed by atoms with Crippen LogP contribution in [0.5, 0.6) is 0 Å². The van der Waals surface area contributed by atoms with Crippen LogP contribution in [0.3, 0.4) is 0 Å². The summed E-state index contributed by atoms with van der Waals surface area (Å²) in [6.45, 7) is -0.348. The molecule has 2 fully saturated rings. The maximum absolute atomic E-state index is 12.1. The van der Waals surface area contributed by atoms with Gasteiger partial charge < -0.3 is 30.0 Å². The Bertz CT molecular complexity index is 688. The molecule has 0 aromatic carbocycles. The van der Waals surface area contributed by atoms with Crippen molar-refractivity contribution in [2.75, 3.05) is 13.1 Å². The van der Waals surface area contributed by atoms with Crippen molar-refractivity contribution in [3.8, 4) is 0 Å². The lowest BCUT2D eigenvalue weighted by molar-refractivity contribution is -0.310. The molecule has 2 atom stereocenters. The van der Waals surface area contributed by atoms with E-state index in [-0.39, 0.29) is 25.9 Å². The fraction of sp³-hybridized carbons (Fsp3) is 0.625. The quantitative estimate of drug-likeness (QED) is 0.280. The zero-order chi connectivity index (χ0) is 21.3. The molecule has 0 radical (unpaired) electrons. The second-order valence-corrected chi connectivity index (χ2v) is 6.92. The lowest BCUT2D eigenvalue weighted by Crippen LogP contribution is -2.45. The predicted octanol–water partition coefficient (Wildman–Crippen LogP) is -4.97. The molecule has 2 aliphatic heterocycles. The Hall–Kier alpha value is -2.86. The van der Waals surface area contributed by atoms with E-state index in [1.54, 1.807) is 0 Å². The molecule has 2 rings (SSSR count). The minimum absolute atomic E-state index is 0.120. The van der Waals surface area contributed by atoms with Gasteiger partial charge in [0.2, 0.25) is 11.8 Å². The average Bonchev–Trinajstić information content (AvgIpc) is 2.86. The van der Waals surface area contributed by atoms with Gasteiger partial charge in [0, 0.05) is 37.9 Å². The largest absolute Gasteiger partial charge is 0.550 e. The summed E-state index contributed by atoms with van der Waals surface area (Å²) in [6, 6.07) is 0. The number of likely N-dealkylation sites (tertiary alicyclic amines) is 2. The third-order valence-electron chi connectivity index (χ3n) is 4.66. The van der Waals surface area contributed by atoms with Gasteiger partial charge in [-0.3, -0.25) is 29.0 Å². The molecule has 12 nitrogen and oxygen atoms in total. The Kier molecular flexibility index (Phi) is 5.85. The summed E-state index contributed by atoms with van der Waals surface area (Å²) in [7, 11) is 0. The smallest absolute Gasteiger partial charge is 0.262 e. The highest BCUT2D eigenvalue weighted by Gasteiger charge is 2.51. The van der Waals surface area contributed by atoms with Gasteiger partial charge in [-0.1, -0.05) is 0 Å². The van der Waals surface area contributed by atoms with Crippen molar-refractivity contribution in [2.24, 2.45) is 0 Å². The minimum Gasteiger partial charge on any atom is -0.550 e. The Morgan fingerprint density at radius 1 is 0.786 bits per heavy atom. The molecule has 2 saturated heterocycles. The lowest BCUT2D eigenvalue weighted by Gasteiger charge is -2.22. The highest BCUT2D eigenvalue weighted by Crippen LogP contribution is 2.29. The maximum Gasteiger partial charge on any atom is 0.262 e. The first kappa shape index (κ1) is 21.4. The van der Waals surface area contributed by atoms with E-state index in [1.807, 2.05) is 0 Å². The molecular weight excluding hydrogens is 380 g/mol. The summed E-state index contributed by atoms with van der Waals surface area (Å²) < 4.78 is 0. The molecule has 2 N–H and O–H groups in total. The first-order chi connectivity index (χ1) is 12.9. The van der Waals surface area contributed by atoms with Crippen LogP contribution in [-0.4, -0.2) is 79.9 Å². The predicted molar refractivity (Wildman–Crippen MR) is 81.1 cm³/mol. The van der Waals surface area contributed by atoms with Crippen LogP contribution in [0.2, 0.25) is 0 Å². The maximum atomic E-state index is 12.1. The van der Waals surface area contributed by atoms with Gasteiger partial charge in [-0.25, -0.2) is 0 Å². The Morgan fingerprint density at radius 2 is 1.11 bits per heavy atom. The van der Waals surface area contributed by atoms with Crippen LogP contribution in [0, 0.1) is 0 Å². The van der Waals surface area contributed by atoms with Gasteiger partial charge >= 0.3 is 0 Å². The van der Waals surface area contributed by atoms with E-state index in [0.717, 1.165) is 0 Å². The van der Waals surface area contributed by atoms with Crippen LogP contribution in [0.4, 0.5) is 0 Å². The van der Waals surface area contributed by atoms with Crippen molar-refractivity contribution in [1.29, 1.82) is 0 Å². The number of hydrogen-bond acceptors (Lipinski definition) is 10. The van der Waals surface area contributed by atoms with Crippen LogP contribution in [0.15, 0.2) is 0 Å². The van der Waals surface area contributed by atoms with Crippen molar-refractivity contribution in [3.05, 3.63) is 0 Å². The van der Waals surface area contributed by atoms with Crippen molar-refractivity contribution < 1.29 is 49.2 Å². The normalized spacial score (nSPS) is 27.8. The van der Waals surface area contributed by atoms with Crippen LogP contribution in [0.25, 0.3) is 0 Å².